The van der Waals surface area contributed by atoms with Crippen molar-refractivity contribution in [3.8, 4) is 0 Å². The SMILES string of the molecule is CNC(Cc1cc(Cl)ccc1Cl)CC(C)OC. The summed E-state index contributed by atoms with van der Waals surface area (Å²) in [5.74, 6) is 0. The average Bonchev–Trinajstić information content (AvgIpc) is 2.32. The summed E-state index contributed by atoms with van der Waals surface area (Å²) in [6.07, 6.45) is 2.02. The summed E-state index contributed by atoms with van der Waals surface area (Å²) in [6, 6.07) is 5.90. The van der Waals surface area contributed by atoms with E-state index in [-0.39, 0.29) is 6.10 Å². The Morgan fingerprint density at radius 1 is 1.35 bits per heavy atom. The lowest BCUT2D eigenvalue weighted by atomic mass is 10.0. The molecular formula is C13H19Cl2NO. The number of nitrogens with one attached hydrogen (secondary N) is 1. The molecule has 1 aromatic carbocycles. The van der Waals surface area contributed by atoms with Crippen molar-refractivity contribution in [3.63, 3.8) is 0 Å². The lowest BCUT2D eigenvalue weighted by Gasteiger charge is -2.20. The van der Waals surface area contributed by atoms with Gasteiger partial charge in [0, 0.05) is 23.2 Å². The molecule has 2 unspecified atom stereocenters. The van der Waals surface area contributed by atoms with E-state index in [9.17, 15) is 0 Å². The zero-order chi connectivity index (χ0) is 12.8. The third kappa shape index (κ3) is 4.84. The van der Waals surface area contributed by atoms with Crippen molar-refractivity contribution in [2.75, 3.05) is 14.2 Å². The van der Waals surface area contributed by atoms with Gasteiger partial charge in [0.2, 0.25) is 0 Å². The van der Waals surface area contributed by atoms with Crippen molar-refractivity contribution in [1.82, 2.24) is 5.32 Å². The van der Waals surface area contributed by atoms with Gasteiger partial charge in [-0.2, -0.15) is 0 Å². The second-order valence-corrected chi connectivity index (χ2v) is 5.05. The predicted octanol–water partition coefficient (Wildman–Crippen LogP) is 3.55. The van der Waals surface area contributed by atoms with Gasteiger partial charge in [-0.3, -0.25) is 0 Å². The van der Waals surface area contributed by atoms with Crippen LogP contribution in [0, 0.1) is 0 Å². The van der Waals surface area contributed by atoms with Crippen molar-refractivity contribution in [3.05, 3.63) is 33.8 Å². The molecule has 0 spiro atoms. The van der Waals surface area contributed by atoms with Crippen LogP contribution in [-0.4, -0.2) is 26.3 Å². The fourth-order valence-electron chi connectivity index (χ4n) is 1.77. The van der Waals surface area contributed by atoms with E-state index >= 15 is 0 Å². The van der Waals surface area contributed by atoms with Gasteiger partial charge in [0.15, 0.2) is 0 Å². The van der Waals surface area contributed by atoms with Crippen LogP contribution in [0.1, 0.15) is 18.9 Å². The van der Waals surface area contributed by atoms with Gasteiger partial charge in [-0.25, -0.2) is 0 Å². The topological polar surface area (TPSA) is 21.3 Å². The largest absolute Gasteiger partial charge is 0.382 e. The normalized spacial score (nSPS) is 14.6. The second-order valence-electron chi connectivity index (χ2n) is 4.21. The number of ether oxygens (including phenoxy) is 1. The molecule has 0 aliphatic rings. The summed E-state index contributed by atoms with van der Waals surface area (Å²) in [7, 11) is 3.68. The third-order valence-electron chi connectivity index (χ3n) is 2.90. The highest BCUT2D eigenvalue weighted by molar-refractivity contribution is 6.33. The molecule has 4 heteroatoms. The molecule has 0 aliphatic carbocycles. The van der Waals surface area contributed by atoms with Crippen molar-refractivity contribution in [2.45, 2.75) is 31.9 Å². The first-order valence-corrected chi connectivity index (χ1v) is 6.46. The molecule has 0 aliphatic heterocycles. The molecule has 0 fully saturated rings. The lowest BCUT2D eigenvalue weighted by molar-refractivity contribution is 0.101. The molecule has 0 radical (unpaired) electrons. The maximum absolute atomic E-state index is 6.15. The third-order valence-corrected chi connectivity index (χ3v) is 3.50. The Balaban J connectivity index is 2.69. The molecule has 1 rings (SSSR count). The van der Waals surface area contributed by atoms with Crippen molar-refractivity contribution < 1.29 is 4.74 Å². The minimum Gasteiger partial charge on any atom is -0.382 e. The standard InChI is InChI=1S/C13H19Cl2NO/c1-9(17-3)6-12(16-2)8-10-7-11(14)4-5-13(10)15/h4-5,7,9,12,16H,6,8H2,1-3H3. The highest BCUT2D eigenvalue weighted by Gasteiger charge is 2.13. The average molecular weight is 276 g/mol. The number of hydrogen-bond donors (Lipinski definition) is 1. The van der Waals surface area contributed by atoms with Crippen LogP contribution < -0.4 is 5.32 Å². The number of rotatable bonds is 6. The van der Waals surface area contributed by atoms with Crippen LogP contribution in [-0.2, 0) is 11.2 Å². The van der Waals surface area contributed by atoms with E-state index in [1.165, 1.54) is 0 Å². The van der Waals surface area contributed by atoms with Gasteiger partial charge in [0.25, 0.3) is 0 Å². The molecule has 2 nitrogen and oxygen atoms in total. The van der Waals surface area contributed by atoms with Crippen molar-refractivity contribution in [2.24, 2.45) is 0 Å². The molecule has 96 valence electrons. The smallest absolute Gasteiger partial charge is 0.0558 e. The van der Waals surface area contributed by atoms with E-state index in [0.717, 1.165) is 28.5 Å². The summed E-state index contributed by atoms with van der Waals surface area (Å²) in [5, 5.41) is 4.77. The number of hydrogen-bond acceptors (Lipinski definition) is 2. The molecule has 0 aromatic heterocycles. The monoisotopic (exact) mass is 275 g/mol. The quantitative estimate of drug-likeness (QED) is 0.858. The Morgan fingerprint density at radius 3 is 2.65 bits per heavy atom. The Hall–Kier alpha value is -0.280. The Morgan fingerprint density at radius 2 is 2.06 bits per heavy atom. The van der Waals surface area contributed by atoms with Crippen LogP contribution in [0.2, 0.25) is 10.0 Å². The first-order chi connectivity index (χ1) is 8.06. The molecule has 0 saturated heterocycles. The molecule has 1 N–H and O–H groups in total. The number of halogens is 2. The highest BCUT2D eigenvalue weighted by Crippen LogP contribution is 2.22. The van der Waals surface area contributed by atoms with Crippen LogP contribution in [0.5, 0.6) is 0 Å². The predicted molar refractivity (Wildman–Crippen MR) is 74.1 cm³/mol. The molecule has 1 aromatic rings. The van der Waals surface area contributed by atoms with E-state index < -0.39 is 0 Å². The summed E-state index contributed by atoms with van der Waals surface area (Å²) < 4.78 is 5.28. The number of benzene rings is 1. The second kappa shape index (κ2) is 7.22. The molecule has 0 amide bonds. The molecule has 0 saturated carbocycles. The molecule has 0 bridgehead atoms. The Bertz CT molecular complexity index is 357. The fourth-order valence-corrected chi connectivity index (χ4v) is 2.15. The highest BCUT2D eigenvalue weighted by atomic mass is 35.5. The van der Waals surface area contributed by atoms with E-state index in [2.05, 4.69) is 12.2 Å². The zero-order valence-corrected chi connectivity index (χ0v) is 12.0. The van der Waals surface area contributed by atoms with E-state index in [0.29, 0.717) is 6.04 Å². The summed E-state index contributed by atoms with van der Waals surface area (Å²) in [4.78, 5) is 0. The minimum absolute atomic E-state index is 0.227. The van der Waals surface area contributed by atoms with Crippen molar-refractivity contribution in [1.29, 1.82) is 0 Å². The van der Waals surface area contributed by atoms with E-state index in [1.807, 2.05) is 19.2 Å². The summed E-state index contributed by atoms with van der Waals surface area (Å²) in [5.41, 5.74) is 1.07. The van der Waals surface area contributed by atoms with Gasteiger partial charge in [-0.05, 0) is 50.6 Å². The Kier molecular flexibility index (Phi) is 6.28. The minimum atomic E-state index is 0.227. The first-order valence-electron chi connectivity index (χ1n) is 5.70. The summed E-state index contributed by atoms with van der Waals surface area (Å²) >= 11 is 12.1. The van der Waals surface area contributed by atoms with E-state index in [4.69, 9.17) is 27.9 Å². The van der Waals surface area contributed by atoms with Gasteiger partial charge in [-0.15, -0.1) is 0 Å². The number of methoxy groups -OCH3 is 1. The maximum Gasteiger partial charge on any atom is 0.0558 e. The zero-order valence-electron chi connectivity index (χ0n) is 10.5. The van der Waals surface area contributed by atoms with Crippen LogP contribution in [0.4, 0.5) is 0 Å². The molecule has 17 heavy (non-hydrogen) atoms. The lowest BCUT2D eigenvalue weighted by Crippen LogP contribution is -2.31. The van der Waals surface area contributed by atoms with Crippen molar-refractivity contribution >= 4 is 23.2 Å². The number of likely N-dealkylation sites (N-methyl/N-ethyl adjacent to an activating group) is 1. The van der Waals surface area contributed by atoms with Gasteiger partial charge in [-0.1, -0.05) is 23.2 Å². The van der Waals surface area contributed by atoms with Gasteiger partial charge < -0.3 is 10.1 Å². The van der Waals surface area contributed by atoms with Gasteiger partial charge in [0.05, 0.1) is 6.10 Å². The summed E-state index contributed by atoms with van der Waals surface area (Å²) in [6.45, 7) is 2.06. The van der Waals surface area contributed by atoms with Gasteiger partial charge in [0.1, 0.15) is 0 Å². The fraction of sp³-hybridized carbons (Fsp3) is 0.538. The maximum atomic E-state index is 6.15. The Labute approximate surface area is 113 Å². The van der Waals surface area contributed by atoms with Crippen LogP contribution in [0.15, 0.2) is 18.2 Å². The van der Waals surface area contributed by atoms with Crippen LogP contribution in [0.25, 0.3) is 0 Å². The van der Waals surface area contributed by atoms with Crippen LogP contribution >= 0.6 is 23.2 Å². The molecular weight excluding hydrogens is 257 g/mol. The van der Waals surface area contributed by atoms with E-state index in [1.54, 1.807) is 13.2 Å². The first kappa shape index (κ1) is 14.8. The van der Waals surface area contributed by atoms with Crippen LogP contribution in [0.3, 0.4) is 0 Å². The molecule has 0 heterocycles. The van der Waals surface area contributed by atoms with Gasteiger partial charge >= 0.3 is 0 Å². The molecule has 2 atom stereocenters.